The molecule has 0 aliphatic heterocycles. The first-order chi connectivity index (χ1) is 18.6. The second-order valence-corrected chi connectivity index (χ2v) is 10.5. The van der Waals surface area contributed by atoms with Crippen molar-refractivity contribution in [2.75, 3.05) is 11.5 Å². The molecule has 0 bridgehead atoms. The van der Waals surface area contributed by atoms with Gasteiger partial charge in [-0.3, -0.25) is 14.4 Å². The van der Waals surface area contributed by atoms with Crippen molar-refractivity contribution in [1.29, 1.82) is 0 Å². The van der Waals surface area contributed by atoms with Crippen molar-refractivity contribution in [3.05, 3.63) is 73.4 Å². The number of aryl methyl sites for hydroxylation is 1. The van der Waals surface area contributed by atoms with Gasteiger partial charge in [-0.05, 0) is 75.7 Å². The topological polar surface area (TPSA) is 131 Å². The monoisotopic (exact) mass is 658 g/mol. The van der Waals surface area contributed by atoms with Gasteiger partial charge in [-0.25, -0.2) is 0 Å². The summed E-state index contributed by atoms with van der Waals surface area (Å²) in [7, 11) is 0. The number of unbranched alkanes of at least 4 members (excludes halogenated alkanes) is 6. The molecule has 10 heteroatoms. The Bertz CT molecular complexity index is 813. The molecule has 1 N–H and O–H groups in total. The fourth-order valence-electron chi connectivity index (χ4n) is 3.53. The van der Waals surface area contributed by atoms with E-state index in [1.807, 2.05) is 31.7 Å². The molecule has 1 aromatic rings. The first-order valence-corrected chi connectivity index (χ1v) is 14.3. The Morgan fingerprint density at radius 2 is 1.26 bits per heavy atom. The maximum atomic E-state index is 12.4. The third-order valence-electron chi connectivity index (χ3n) is 5.40. The molecule has 1 aliphatic carbocycles. The molecule has 39 heavy (non-hydrogen) atoms. The molecule has 0 aromatic carbocycles. The van der Waals surface area contributed by atoms with Gasteiger partial charge in [-0.15, -0.1) is 11.3 Å². The minimum atomic E-state index is -0.719. The van der Waals surface area contributed by atoms with Crippen LogP contribution in [-0.4, -0.2) is 34.1 Å². The number of carboxylic acids is 1. The van der Waals surface area contributed by atoms with Gasteiger partial charge in [0.05, 0.1) is 11.3 Å². The average Bonchev–Trinajstić information content (AvgIpc) is 3.66. The molecule has 0 saturated heterocycles. The number of Topliss-reactive ketones (excluding diaryl/α,β-unsaturated/α-hetero) is 2. The number of rotatable bonds is 19. The standard InChI is InChI=1S/C26H35O4S2.3CO.Tc/c27-23(21-11-6-7-12-21)14-9-8-13-22-16-17-25(32-22)24(28)15-5-3-1-2-4-10-19-31-20-18-26(29)30;3*1-2;/h6-7,11-12,16-17H,1-5,8-10,13-15,18-20H2,(H,29,30);;;;/i;;;;1+1. The van der Waals surface area contributed by atoms with E-state index in [2.05, 4.69) is 26.0 Å². The molecule has 212 valence electrons. The van der Waals surface area contributed by atoms with Crippen molar-refractivity contribution in [3.63, 3.8) is 0 Å². The molecular weight excluding hydrogens is 623 g/mol. The molecule has 1 heterocycles. The summed E-state index contributed by atoms with van der Waals surface area (Å²) in [6, 6.07) is 4.02. The predicted octanol–water partition coefficient (Wildman–Crippen LogP) is 6.44. The zero-order chi connectivity index (χ0) is 29.0. The van der Waals surface area contributed by atoms with Gasteiger partial charge in [-0.2, -0.15) is 11.8 Å². The second kappa shape index (κ2) is 31.3. The van der Waals surface area contributed by atoms with Crippen LogP contribution in [0.15, 0.2) is 12.1 Å². The molecule has 7 nitrogen and oxygen atoms in total. The van der Waals surface area contributed by atoms with Crippen molar-refractivity contribution in [2.45, 2.75) is 77.0 Å². The Morgan fingerprint density at radius 1 is 0.718 bits per heavy atom. The van der Waals surface area contributed by atoms with Gasteiger partial charge >= 0.3 is 39.9 Å². The molecule has 0 amide bonds. The summed E-state index contributed by atoms with van der Waals surface area (Å²) in [5, 5.41) is 8.59. The van der Waals surface area contributed by atoms with E-state index in [1.165, 1.54) is 17.7 Å². The van der Waals surface area contributed by atoms with Crippen LogP contribution in [0.4, 0.5) is 0 Å². The van der Waals surface area contributed by atoms with Crippen molar-refractivity contribution in [3.8, 4) is 0 Å². The third-order valence-corrected chi connectivity index (χ3v) is 7.66. The first kappa shape index (κ1) is 42.2. The molecule has 1 aromatic heterocycles. The van der Waals surface area contributed by atoms with E-state index in [4.69, 9.17) is 19.1 Å². The molecule has 1 fully saturated rings. The normalized spacial score (nSPS) is 11.7. The first-order valence-electron chi connectivity index (χ1n) is 12.3. The van der Waals surface area contributed by atoms with Crippen LogP contribution in [0.2, 0.25) is 0 Å². The summed E-state index contributed by atoms with van der Waals surface area (Å²) in [6.07, 6.45) is 18.5. The van der Waals surface area contributed by atoms with Crippen LogP contribution in [0.3, 0.4) is 0 Å². The fourth-order valence-corrected chi connectivity index (χ4v) is 5.48. The molecular formula is C29H35O7S2Tc. The number of carbonyl (C=O) groups is 3. The van der Waals surface area contributed by atoms with E-state index in [1.54, 1.807) is 23.1 Å². The quantitative estimate of drug-likeness (QED) is 0.0791. The summed E-state index contributed by atoms with van der Waals surface area (Å²) in [6.45, 7) is 13.5. The van der Waals surface area contributed by atoms with Crippen LogP contribution in [0.1, 0.15) is 85.2 Å². The molecule has 6 radical (unpaired) electrons. The van der Waals surface area contributed by atoms with Crippen LogP contribution >= 0.6 is 23.1 Å². The number of aliphatic carboxylic acids is 1. The number of hydrogen-bond donors (Lipinski definition) is 1. The van der Waals surface area contributed by atoms with Gasteiger partial charge in [-0.1, -0.05) is 25.7 Å². The van der Waals surface area contributed by atoms with Crippen molar-refractivity contribution in [2.24, 2.45) is 0 Å². The van der Waals surface area contributed by atoms with Crippen molar-refractivity contribution in [1.82, 2.24) is 0 Å². The van der Waals surface area contributed by atoms with Gasteiger partial charge in [0.2, 0.25) is 0 Å². The molecule has 2 rings (SSSR count). The van der Waals surface area contributed by atoms with Gasteiger partial charge < -0.3 is 5.11 Å². The van der Waals surface area contributed by atoms with Crippen LogP contribution < -0.4 is 0 Å². The summed E-state index contributed by atoms with van der Waals surface area (Å²) in [5.41, 5.74) is 0. The summed E-state index contributed by atoms with van der Waals surface area (Å²) >= 11 is 3.33. The number of thioether (sulfide) groups is 1. The number of ketones is 2. The molecule has 0 unspecified atom stereocenters. The molecule has 0 atom stereocenters. The van der Waals surface area contributed by atoms with Crippen molar-refractivity contribution < 1.29 is 53.6 Å². The zero-order valence-electron chi connectivity index (χ0n) is 22.0. The van der Waals surface area contributed by atoms with Crippen LogP contribution in [0.25, 0.3) is 0 Å². The van der Waals surface area contributed by atoms with Gasteiger partial charge in [0, 0.05) is 49.5 Å². The third kappa shape index (κ3) is 23.2. The number of thiophene rings is 1. The van der Waals surface area contributed by atoms with Crippen LogP contribution in [0.5, 0.6) is 0 Å². The molecule has 0 spiro atoms. The van der Waals surface area contributed by atoms with Crippen LogP contribution in [0, 0.1) is 51.6 Å². The Labute approximate surface area is 255 Å². The van der Waals surface area contributed by atoms with E-state index < -0.39 is 5.97 Å². The Hall–Kier alpha value is -1.27. The van der Waals surface area contributed by atoms with E-state index >= 15 is 0 Å². The fraction of sp³-hybridized carbons (Fsp3) is 0.483. The van der Waals surface area contributed by atoms with E-state index in [9.17, 15) is 14.4 Å². The number of hydrogen-bond acceptors (Lipinski definition) is 5. The van der Waals surface area contributed by atoms with E-state index in [-0.39, 0.29) is 38.1 Å². The second-order valence-electron chi connectivity index (χ2n) is 8.12. The SMILES string of the molecule is O=C(O)CCSCCCCCCCCC(=O)c1ccc(CCCCC(=O)[C]2[CH][CH][CH][CH]2)s1.[99Tc].[C-]#[O+].[C-]#[O+].[C-]#[O+]. The van der Waals surface area contributed by atoms with Crippen molar-refractivity contribution >= 4 is 40.6 Å². The maximum absolute atomic E-state index is 12.4. The van der Waals surface area contributed by atoms with E-state index in [0.29, 0.717) is 18.6 Å². The summed E-state index contributed by atoms with van der Waals surface area (Å²) in [4.78, 5) is 37.0. The summed E-state index contributed by atoms with van der Waals surface area (Å²) in [5.74, 6) is 2.30. The Kier molecular flexibility index (Phi) is 33.8. The van der Waals surface area contributed by atoms with E-state index in [0.717, 1.165) is 61.5 Å². The average molecular weight is 659 g/mol. The van der Waals surface area contributed by atoms with Gasteiger partial charge in [0.25, 0.3) is 0 Å². The van der Waals surface area contributed by atoms with Gasteiger partial charge in [0.15, 0.2) is 5.78 Å². The minimum absolute atomic E-state index is 0. The molecule has 1 saturated carbocycles. The Morgan fingerprint density at radius 3 is 1.87 bits per heavy atom. The summed E-state index contributed by atoms with van der Waals surface area (Å²) < 4.78 is 22.5. The predicted molar refractivity (Wildman–Crippen MR) is 145 cm³/mol. The molecule has 1 aliphatic rings. The zero-order valence-corrected chi connectivity index (χ0v) is 25.4. The number of carbonyl (C=O) groups excluding carboxylic acids is 2. The van der Waals surface area contributed by atoms with Gasteiger partial charge in [0.1, 0.15) is 5.78 Å². The Balaban J connectivity index is -0.00000173. The van der Waals surface area contributed by atoms with Crippen LogP contribution in [-0.2, 0) is 50.1 Å². The number of carboxylic acid groups (broad SMARTS) is 1.